The van der Waals surface area contributed by atoms with Gasteiger partial charge in [-0.15, -0.1) is 0 Å². The summed E-state index contributed by atoms with van der Waals surface area (Å²) in [6, 6.07) is 0. The number of aliphatic hydroxyl groups excluding tert-OH is 5. The number of carbonyl (C=O) groups excluding carboxylic acids is 1. The molecule has 3 rings (SSSR count). The highest BCUT2D eigenvalue weighted by Crippen LogP contribution is 2.49. The lowest BCUT2D eigenvalue weighted by atomic mass is 9.59. The van der Waals surface area contributed by atoms with Crippen LogP contribution in [-0.4, -0.2) is 122 Å². The van der Waals surface area contributed by atoms with E-state index in [2.05, 4.69) is 0 Å². The van der Waals surface area contributed by atoms with Crippen LogP contribution in [0.2, 0.25) is 0 Å². The molecule has 2 heterocycles. The molecule has 0 spiro atoms. The average Bonchev–Trinajstić information content (AvgIpc) is 3.09. The van der Waals surface area contributed by atoms with Gasteiger partial charge in [0.15, 0.2) is 18.4 Å². The van der Waals surface area contributed by atoms with Gasteiger partial charge in [0, 0.05) is 0 Å². The van der Waals surface area contributed by atoms with Crippen molar-refractivity contribution in [2.75, 3.05) is 19.8 Å². The molecule has 11 atom stereocenters. The van der Waals surface area contributed by atoms with Crippen molar-refractivity contribution in [1.29, 1.82) is 0 Å². The van der Waals surface area contributed by atoms with Crippen LogP contribution in [0.3, 0.4) is 0 Å². The van der Waals surface area contributed by atoms with Gasteiger partial charge < -0.3 is 54.7 Å². The zero-order valence-corrected chi connectivity index (χ0v) is 21.1. The number of hydrogen-bond acceptors (Lipinski definition) is 12. The third-order valence-corrected chi connectivity index (χ3v) is 7.76. The van der Waals surface area contributed by atoms with E-state index in [1.807, 2.05) is 20.8 Å². The van der Waals surface area contributed by atoms with Crippen molar-refractivity contribution >= 4 is 5.78 Å². The molecule has 0 aromatic rings. The zero-order valence-electron chi connectivity index (χ0n) is 21.1. The second kappa shape index (κ2) is 11.0. The molecule has 208 valence electrons. The quantitative estimate of drug-likeness (QED) is 0.174. The van der Waals surface area contributed by atoms with Crippen LogP contribution in [0, 0.1) is 11.3 Å². The van der Waals surface area contributed by atoms with Crippen LogP contribution in [0.25, 0.3) is 0 Å². The number of carbonyl (C=O) groups is 1. The van der Waals surface area contributed by atoms with Crippen LogP contribution in [0.4, 0.5) is 0 Å². The Balaban J connectivity index is 1.65. The summed E-state index contributed by atoms with van der Waals surface area (Å²) in [4.78, 5) is 11.4. The predicted octanol–water partition coefficient (Wildman–Crippen LogP) is -2.03. The number of ether oxygens (including phenoxy) is 4. The monoisotopic (exact) mass is 520 g/mol. The normalized spacial score (nSPS) is 47.4. The van der Waals surface area contributed by atoms with Gasteiger partial charge in [-0.05, 0) is 43.3 Å². The second-order valence-corrected chi connectivity index (χ2v) is 11.0. The molecular formula is C24H40O12. The van der Waals surface area contributed by atoms with E-state index in [4.69, 9.17) is 18.9 Å². The number of ketones is 1. The van der Waals surface area contributed by atoms with E-state index in [-0.39, 0.29) is 24.9 Å². The molecule has 12 heteroatoms. The standard InChI is InChI=1S/C24H40O12/c1-12-7-14(8-22(3,4)24(12,32)6-5-13(2)26)35-20-18(29)17(28)16(27)15(36-20)9-33-21-19(30)23(31,10-25)11-34-21/h5-6,12,14-21,25,27-32H,7-11H2,1-4H3/b6-5+/t12-,14+,15-,16-,17+,18-,19+,20-,21-,23-,24-/m1/s1. The van der Waals surface area contributed by atoms with Crippen molar-refractivity contribution in [3.05, 3.63) is 12.2 Å². The van der Waals surface area contributed by atoms with Crippen LogP contribution in [0.5, 0.6) is 0 Å². The summed E-state index contributed by atoms with van der Waals surface area (Å²) in [6.45, 7) is 5.44. The molecule has 12 nitrogen and oxygen atoms in total. The third-order valence-electron chi connectivity index (χ3n) is 7.76. The van der Waals surface area contributed by atoms with E-state index in [1.54, 1.807) is 0 Å². The molecule has 7 N–H and O–H groups in total. The molecule has 0 unspecified atom stereocenters. The molecule has 0 bridgehead atoms. The molecular weight excluding hydrogens is 480 g/mol. The molecule has 0 radical (unpaired) electrons. The van der Waals surface area contributed by atoms with E-state index in [0.717, 1.165) is 0 Å². The Bertz CT molecular complexity index is 804. The van der Waals surface area contributed by atoms with E-state index in [0.29, 0.717) is 12.8 Å². The Hall–Kier alpha value is -1.03. The van der Waals surface area contributed by atoms with Crippen LogP contribution in [0.1, 0.15) is 40.5 Å². The first kappa shape index (κ1) is 29.5. The Morgan fingerprint density at radius 1 is 1.08 bits per heavy atom. The van der Waals surface area contributed by atoms with E-state index < -0.39 is 72.4 Å². The highest BCUT2D eigenvalue weighted by atomic mass is 16.7. The second-order valence-electron chi connectivity index (χ2n) is 11.0. The maximum Gasteiger partial charge on any atom is 0.186 e. The molecule has 1 aliphatic carbocycles. The van der Waals surface area contributed by atoms with E-state index >= 15 is 0 Å². The molecule has 3 aliphatic rings. The summed E-state index contributed by atoms with van der Waals surface area (Å²) in [5.74, 6) is -0.496. The molecule has 3 fully saturated rings. The first-order chi connectivity index (χ1) is 16.6. The molecule has 0 aromatic carbocycles. The van der Waals surface area contributed by atoms with Gasteiger partial charge in [-0.2, -0.15) is 0 Å². The van der Waals surface area contributed by atoms with Crippen molar-refractivity contribution in [2.24, 2.45) is 11.3 Å². The fraction of sp³-hybridized carbons (Fsp3) is 0.875. The lowest BCUT2D eigenvalue weighted by Crippen LogP contribution is -2.61. The molecule has 1 saturated carbocycles. The Labute approximate surface area is 210 Å². The minimum absolute atomic E-state index is 0.180. The van der Waals surface area contributed by atoms with Crippen LogP contribution in [0.15, 0.2) is 12.2 Å². The zero-order chi connectivity index (χ0) is 27.1. The van der Waals surface area contributed by atoms with Crippen molar-refractivity contribution < 1.29 is 59.5 Å². The van der Waals surface area contributed by atoms with Gasteiger partial charge in [-0.25, -0.2) is 0 Å². The van der Waals surface area contributed by atoms with Crippen molar-refractivity contribution in [1.82, 2.24) is 0 Å². The maximum atomic E-state index is 11.4. The van der Waals surface area contributed by atoms with E-state index in [9.17, 15) is 40.5 Å². The lowest BCUT2D eigenvalue weighted by molar-refractivity contribution is -0.325. The van der Waals surface area contributed by atoms with Gasteiger partial charge in [0.2, 0.25) is 0 Å². The van der Waals surface area contributed by atoms with Gasteiger partial charge in [0.1, 0.15) is 36.1 Å². The summed E-state index contributed by atoms with van der Waals surface area (Å²) in [5, 5.41) is 72.1. The van der Waals surface area contributed by atoms with Crippen LogP contribution >= 0.6 is 0 Å². The average molecular weight is 521 g/mol. The predicted molar refractivity (Wildman–Crippen MR) is 122 cm³/mol. The number of aliphatic hydroxyl groups is 7. The number of hydrogen-bond donors (Lipinski definition) is 7. The van der Waals surface area contributed by atoms with Gasteiger partial charge in [-0.3, -0.25) is 4.79 Å². The fourth-order valence-corrected chi connectivity index (χ4v) is 5.28. The maximum absolute atomic E-state index is 11.4. The fourth-order valence-electron chi connectivity index (χ4n) is 5.28. The lowest BCUT2D eigenvalue weighted by Gasteiger charge is -2.52. The molecule has 0 aromatic heterocycles. The van der Waals surface area contributed by atoms with Crippen LogP contribution < -0.4 is 0 Å². The number of rotatable bonds is 8. The number of allylic oxidation sites excluding steroid dienone is 1. The highest BCUT2D eigenvalue weighted by Gasteiger charge is 2.53. The minimum Gasteiger partial charge on any atom is -0.393 e. The largest absolute Gasteiger partial charge is 0.393 e. The summed E-state index contributed by atoms with van der Waals surface area (Å²) < 4.78 is 22.3. The summed E-state index contributed by atoms with van der Waals surface area (Å²) in [6.07, 6.45) is -6.97. The first-order valence-electron chi connectivity index (χ1n) is 12.2. The molecule has 36 heavy (non-hydrogen) atoms. The van der Waals surface area contributed by atoms with Gasteiger partial charge in [0.05, 0.1) is 31.5 Å². The Morgan fingerprint density at radius 2 is 1.75 bits per heavy atom. The summed E-state index contributed by atoms with van der Waals surface area (Å²) >= 11 is 0. The first-order valence-corrected chi connectivity index (χ1v) is 12.2. The molecule has 0 amide bonds. The SMILES string of the molecule is CC(=O)/C=C/[C@@]1(O)[C@H](C)C[C@H](O[C@@H]2O[C@H](CO[C@@H]3OC[C@](O)(CO)[C@H]3O)[C@@H](O)[C@H](O)[C@H]2O)CC1(C)C. The molecule has 2 aliphatic heterocycles. The summed E-state index contributed by atoms with van der Waals surface area (Å²) in [7, 11) is 0. The summed E-state index contributed by atoms with van der Waals surface area (Å²) in [5.41, 5.74) is -3.86. The molecule has 2 saturated heterocycles. The Kier molecular flexibility index (Phi) is 9.01. The van der Waals surface area contributed by atoms with Crippen molar-refractivity contribution in [2.45, 2.75) is 101 Å². The van der Waals surface area contributed by atoms with Gasteiger partial charge in [0.25, 0.3) is 0 Å². The van der Waals surface area contributed by atoms with Crippen LogP contribution in [-0.2, 0) is 23.7 Å². The third kappa shape index (κ3) is 5.69. The van der Waals surface area contributed by atoms with Gasteiger partial charge in [-0.1, -0.05) is 20.8 Å². The smallest absolute Gasteiger partial charge is 0.186 e. The minimum atomic E-state index is -1.88. The van der Waals surface area contributed by atoms with Gasteiger partial charge >= 0.3 is 0 Å². The highest BCUT2D eigenvalue weighted by molar-refractivity contribution is 5.87. The van der Waals surface area contributed by atoms with Crippen molar-refractivity contribution in [3.8, 4) is 0 Å². The van der Waals surface area contributed by atoms with Crippen molar-refractivity contribution in [3.63, 3.8) is 0 Å². The Morgan fingerprint density at radius 3 is 2.31 bits per heavy atom. The van der Waals surface area contributed by atoms with E-state index in [1.165, 1.54) is 19.1 Å². The topological polar surface area (TPSA) is 196 Å².